The molecule has 0 fully saturated rings. The van der Waals surface area contributed by atoms with Gasteiger partial charge in [0.15, 0.2) is 6.17 Å². The molecule has 0 radical (unpaired) electrons. The number of fused-ring (bicyclic) bond motifs is 2. The molecule has 22 heavy (non-hydrogen) atoms. The van der Waals surface area contributed by atoms with E-state index in [1.165, 1.54) is 0 Å². The molecule has 2 aromatic carbocycles. The molecule has 2 heterocycles. The highest BCUT2D eigenvalue weighted by atomic mass is 16.5. The minimum atomic E-state index is -0.545. The molecule has 1 aliphatic rings. The molecule has 3 aromatic rings. The van der Waals surface area contributed by atoms with E-state index in [2.05, 4.69) is 10.6 Å². The van der Waals surface area contributed by atoms with Crippen LogP contribution in [-0.2, 0) is 0 Å². The Morgan fingerprint density at radius 3 is 2.73 bits per heavy atom. The second-order valence-electron chi connectivity index (χ2n) is 5.11. The van der Waals surface area contributed by atoms with E-state index in [1.807, 2.05) is 30.3 Å². The summed E-state index contributed by atoms with van der Waals surface area (Å²) in [5, 5.41) is 16.3. The molecule has 0 saturated carbocycles. The van der Waals surface area contributed by atoms with Crippen molar-refractivity contribution in [2.75, 3.05) is 10.6 Å². The van der Waals surface area contributed by atoms with Gasteiger partial charge in [0.1, 0.15) is 11.3 Å². The minimum absolute atomic E-state index is 0.199. The van der Waals surface area contributed by atoms with Gasteiger partial charge in [0.05, 0.1) is 11.4 Å². The van der Waals surface area contributed by atoms with Crippen LogP contribution in [0.2, 0.25) is 0 Å². The van der Waals surface area contributed by atoms with Crippen LogP contribution in [0.3, 0.4) is 0 Å². The largest absolute Gasteiger partial charge is 0.457 e. The monoisotopic (exact) mass is 295 g/mol. The van der Waals surface area contributed by atoms with Gasteiger partial charge >= 0.3 is 0 Å². The van der Waals surface area contributed by atoms with Gasteiger partial charge in [-0.1, -0.05) is 18.2 Å². The zero-order valence-electron chi connectivity index (χ0n) is 11.5. The Balaban J connectivity index is 1.65. The van der Waals surface area contributed by atoms with Crippen molar-refractivity contribution in [2.24, 2.45) is 0 Å². The summed E-state index contributed by atoms with van der Waals surface area (Å²) >= 11 is 0. The summed E-state index contributed by atoms with van der Waals surface area (Å²) in [6.07, 6.45) is -0.199. The highest BCUT2D eigenvalue weighted by Gasteiger charge is 2.24. The summed E-state index contributed by atoms with van der Waals surface area (Å²) < 4.78 is 5.84. The number of para-hydroxylation sites is 1. The third kappa shape index (κ3) is 1.97. The summed E-state index contributed by atoms with van der Waals surface area (Å²) in [5.41, 5.74) is 4.49. The fourth-order valence-corrected chi connectivity index (χ4v) is 2.63. The quantitative estimate of drug-likeness (QED) is 0.431. The fraction of sp³-hybridized carbons (Fsp3) is 0.0625. The van der Waals surface area contributed by atoms with Gasteiger partial charge in [-0.3, -0.25) is 10.0 Å². The first-order valence-corrected chi connectivity index (χ1v) is 6.84. The van der Waals surface area contributed by atoms with Crippen LogP contribution in [0.1, 0.15) is 22.3 Å². The molecule has 1 aromatic heterocycles. The van der Waals surface area contributed by atoms with Crippen LogP contribution >= 0.6 is 0 Å². The summed E-state index contributed by atoms with van der Waals surface area (Å²) in [4.78, 5) is 11.5. The van der Waals surface area contributed by atoms with Crippen molar-refractivity contribution in [3.63, 3.8) is 0 Å². The first-order chi connectivity index (χ1) is 10.7. The van der Waals surface area contributed by atoms with Crippen LogP contribution in [0.4, 0.5) is 11.4 Å². The Morgan fingerprint density at radius 2 is 1.91 bits per heavy atom. The van der Waals surface area contributed by atoms with Crippen molar-refractivity contribution in [1.29, 1.82) is 0 Å². The maximum absolute atomic E-state index is 11.5. The van der Waals surface area contributed by atoms with Gasteiger partial charge in [-0.2, -0.15) is 0 Å². The zero-order valence-corrected chi connectivity index (χ0v) is 11.5. The molecule has 1 atom stereocenters. The van der Waals surface area contributed by atoms with Crippen molar-refractivity contribution in [1.82, 2.24) is 5.48 Å². The second-order valence-corrected chi connectivity index (χ2v) is 5.11. The van der Waals surface area contributed by atoms with Crippen molar-refractivity contribution in [3.05, 3.63) is 59.9 Å². The smallest absolute Gasteiger partial charge is 0.274 e. The van der Waals surface area contributed by atoms with E-state index in [9.17, 15) is 4.79 Å². The number of anilines is 2. The molecule has 6 nitrogen and oxygen atoms in total. The highest BCUT2D eigenvalue weighted by Crippen LogP contribution is 2.37. The Hall–Kier alpha value is -2.99. The number of hydrogen-bond donors (Lipinski definition) is 4. The number of furan rings is 1. The van der Waals surface area contributed by atoms with E-state index >= 15 is 0 Å². The first-order valence-electron chi connectivity index (χ1n) is 6.84. The molecule has 0 bridgehead atoms. The fourth-order valence-electron chi connectivity index (χ4n) is 2.63. The SMILES string of the molecule is O=C(NO)c1ccc2c(c1)NC(c1cc3ccccc3o1)N2. The van der Waals surface area contributed by atoms with E-state index in [0.717, 1.165) is 28.1 Å². The number of benzene rings is 2. The van der Waals surface area contributed by atoms with Crippen molar-refractivity contribution < 1.29 is 14.4 Å². The topological polar surface area (TPSA) is 86.5 Å². The number of rotatable bonds is 2. The third-order valence-corrected chi connectivity index (χ3v) is 3.71. The van der Waals surface area contributed by atoms with E-state index in [-0.39, 0.29) is 6.17 Å². The Morgan fingerprint density at radius 1 is 1.09 bits per heavy atom. The van der Waals surface area contributed by atoms with Crippen LogP contribution in [0, 0.1) is 0 Å². The van der Waals surface area contributed by atoms with Crippen LogP contribution in [-0.4, -0.2) is 11.1 Å². The molecule has 0 saturated heterocycles. The standard InChI is InChI=1S/C16H13N3O3/c20-16(19-21)10-5-6-11-12(7-10)18-15(17-11)14-8-9-3-1-2-4-13(9)22-14/h1-8,15,17-18,21H,(H,19,20). The second kappa shape index (κ2) is 4.78. The molecule has 4 N–H and O–H groups in total. The lowest BCUT2D eigenvalue weighted by molar-refractivity contribution is 0.0706. The predicted molar refractivity (Wildman–Crippen MR) is 81.9 cm³/mol. The van der Waals surface area contributed by atoms with Crippen LogP contribution in [0.15, 0.2) is 52.9 Å². The van der Waals surface area contributed by atoms with E-state index < -0.39 is 5.91 Å². The summed E-state index contributed by atoms with van der Waals surface area (Å²) in [6, 6.07) is 14.9. The van der Waals surface area contributed by atoms with Gasteiger partial charge in [-0.25, -0.2) is 5.48 Å². The Bertz CT molecular complexity index is 839. The summed E-state index contributed by atoms with van der Waals surface area (Å²) in [6.45, 7) is 0. The average Bonchev–Trinajstić information content (AvgIpc) is 3.16. The van der Waals surface area contributed by atoms with Gasteiger partial charge in [-0.05, 0) is 30.3 Å². The number of hydrogen-bond acceptors (Lipinski definition) is 5. The van der Waals surface area contributed by atoms with Gasteiger partial charge in [0.25, 0.3) is 5.91 Å². The zero-order chi connectivity index (χ0) is 15.1. The van der Waals surface area contributed by atoms with Crippen molar-refractivity contribution in [3.8, 4) is 0 Å². The number of amides is 1. The van der Waals surface area contributed by atoms with Crippen molar-refractivity contribution >= 4 is 28.3 Å². The average molecular weight is 295 g/mol. The molecular formula is C16H13N3O3. The van der Waals surface area contributed by atoms with E-state index in [1.54, 1.807) is 23.7 Å². The Kier molecular flexibility index (Phi) is 2.77. The normalized spacial score (nSPS) is 16.0. The van der Waals surface area contributed by atoms with Gasteiger partial charge in [-0.15, -0.1) is 0 Å². The molecule has 6 heteroatoms. The van der Waals surface area contributed by atoms with Gasteiger partial charge in [0.2, 0.25) is 0 Å². The van der Waals surface area contributed by atoms with Gasteiger partial charge in [0, 0.05) is 10.9 Å². The van der Waals surface area contributed by atoms with Gasteiger partial charge < -0.3 is 15.1 Å². The van der Waals surface area contributed by atoms with Crippen molar-refractivity contribution in [2.45, 2.75) is 6.17 Å². The molecule has 110 valence electrons. The molecule has 1 unspecified atom stereocenters. The number of carbonyl (C=O) groups excluding carboxylic acids is 1. The summed E-state index contributed by atoms with van der Waals surface area (Å²) in [7, 11) is 0. The molecule has 0 aliphatic carbocycles. The van der Waals surface area contributed by atoms with E-state index in [4.69, 9.17) is 9.62 Å². The highest BCUT2D eigenvalue weighted by molar-refractivity contribution is 5.96. The lowest BCUT2D eigenvalue weighted by atomic mass is 10.1. The molecule has 4 rings (SSSR count). The Labute approximate surface area is 125 Å². The molecule has 0 spiro atoms. The first kappa shape index (κ1) is 12.7. The number of carbonyl (C=O) groups is 1. The maximum Gasteiger partial charge on any atom is 0.274 e. The lowest BCUT2D eigenvalue weighted by Crippen LogP contribution is -2.18. The third-order valence-electron chi connectivity index (χ3n) is 3.71. The minimum Gasteiger partial charge on any atom is -0.457 e. The molecular weight excluding hydrogens is 282 g/mol. The summed E-state index contributed by atoms with van der Waals surface area (Å²) in [5.74, 6) is 0.224. The van der Waals surface area contributed by atoms with Crippen LogP contribution in [0.25, 0.3) is 11.0 Å². The lowest BCUT2D eigenvalue weighted by Gasteiger charge is -2.08. The van der Waals surface area contributed by atoms with E-state index in [0.29, 0.717) is 5.56 Å². The maximum atomic E-state index is 11.5. The molecule has 1 amide bonds. The number of nitrogens with one attached hydrogen (secondary N) is 3. The van der Waals surface area contributed by atoms with Crippen LogP contribution in [0.5, 0.6) is 0 Å². The van der Waals surface area contributed by atoms with Crippen LogP contribution < -0.4 is 16.1 Å². The number of hydroxylamine groups is 1. The predicted octanol–water partition coefficient (Wildman–Crippen LogP) is 3.09. The molecule has 1 aliphatic heterocycles.